The molecule has 2 N–H and O–H groups in total. The predicted octanol–water partition coefficient (Wildman–Crippen LogP) is 4.54. The zero-order chi connectivity index (χ0) is 14.4. The summed E-state index contributed by atoms with van der Waals surface area (Å²) in [5.41, 5.74) is 9.13. The second-order valence-electron chi connectivity index (χ2n) is 5.25. The second-order valence-corrected chi connectivity index (χ2v) is 5.25. The third-order valence-corrected chi connectivity index (χ3v) is 3.91. The molecule has 104 valence electrons. The standard InChI is InChI=1S/C18H15NO2/c1-11-13-7-3-5-9-15(13)21-18(11)17(19)16-10-12-6-2-4-8-14(12)20-16/h2-10,17H,19H2,1H3. The van der Waals surface area contributed by atoms with Crippen LogP contribution in [-0.4, -0.2) is 0 Å². The van der Waals surface area contributed by atoms with Crippen LogP contribution in [0.4, 0.5) is 0 Å². The molecule has 1 unspecified atom stereocenters. The van der Waals surface area contributed by atoms with Gasteiger partial charge in [0, 0.05) is 16.3 Å². The molecule has 4 aromatic rings. The zero-order valence-corrected chi connectivity index (χ0v) is 11.7. The first kappa shape index (κ1) is 12.2. The van der Waals surface area contributed by atoms with Gasteiger partial charge in [-0.05, 0) is 25.1 Å². The van der Waals surface area contributed by atoms with Gasteiger partial charge in [-0.2, -0.15) is 0 Å². The van der Waals surface area contributed by atoms with Crippen LogP contribution in [0.15, 0.2) is 63.4 Å². The molecule has 0 bridgehead atoms. The third-order valence-electron chi connectivity index (χ3n) is 3.91. The Morgan fingerprint density at radius 3 is 2.38 bits per heavy atom. The molecule has 0 saturated carbocycles. The Hall–Kier alpha value is -2.52. The lowest BCUT2D eigenvalue weighted by atomic mass is 10.1. The van der Waals surface area contributed by atoms with Crippen LogP contribution in [0, 0.1) is 6.92 Å². The Balaban J connectivity index is 1.85. The normalized spacial score (nSPS) is 13.0. The summed E-state index contributed by atoms with van der Waals surface area (Å²) in [6.45, 7) is 2.03. The maximum atomic E-state index is 6.36. The number of hydrogen-bond acceptors (Lipinski definition) is 3. The first-order valence-corrected chi connectivity index (χ1v) is 6.96. The summed E-state index contributed by atoms with van der Waals surface area (Å²) in [5.74, 6) is 1.48. The molecule has 2 aromatic heterocycles. The molecule has 0 aliphatic rings. The fourth-order valence-corrected chi connectivity index (χ4v) is 2.77. The number of benzene rings is 2. The third kappa shape index (κ3) is 1.86. The lowest BCUT2D eigenvalue weighted by Gasteiger charge is -2.06. The van der Waals surface area contributed by atoms with E-state index in [0.29, 0.717) is 0 Å². The minimum atomic E-state index is -0.398. The number of para-hydroxylation sites is 2. The van der Waals surface area contributed by atoms with E-state index in [9.17, 15) is 0 Å². The second kappa shape index (κ2) is 4.50. The summed E-state index contributed by atoms with van der Waals surface area (Å²) in [5, 5.41) is 2.15. The quantitative estimate of drug-likeness (QED) is 0.585. The topological polar surface area (TPSA) is 52.3 Å². The molecular formula is C18H15NO2. The van der Waals surface area contributed by atoms with Crippen molar-refractivity contribution < 1.29 is 8.83 Å². The van der Waals surface area contributed by atoms with Crippen molar-refractivity contribution in [2.45, 2.75) is 13.0 Å². The molecule has 1 atom stereocenters. The van der Waals surface area contributed by atoms with Gasteiger partial charge < -0.3 is 14.6 Å². The predicted molar refractivity (Wildman–Crippen MR) is 83.2 cm³/mol. The maximum absolute atomic E-state index is 6.36. The minimum Gasteiger partial charge on any atom is -0.459 e. The van der Waals surface area contributed by atoms with Crippen molar-refractivity contribution in [1.82, 2.24) is 0 Å². The Kier molecular flexibility index (Phi) is 2.62. The minimum absolute atomic E-state index is 0.398. The van der Waals surface area contributed by atoms with Crippen LogP contribution in [0.2, 0.25) is 0 Å². The highest BCUT2D eigenvalue weighted by Gasteiger charge is 2.21. The average molecular weight is 277 g/mol. The van der Waals surface area contributed by atoms with E-state index < -0.39 is 6.04 Å². The number of furan rings is 2. The molecule has 0 spiro atoms. The van der Waals surface area contributed by atoms with E-state index in [4.69, 9.17) is 14.6 Å². The summed E-state index contributed by atoms with van der Waals surface area (Å²) in [6, 6.07) is 17.4. The molecule has 4 rings (SSSR count). The highest BCUT2D eigenvalue weighted by molar-refractivity contribution is 5.82. The first-order valence-electron chi connectivity index (χ1n) is 6.96. The molecule has 0 fully saturated rings. The van der Waals surface area contributed by atoms with Gasteiger partial charge in [0.25, 0.3) is 0 Å². The number of rotatable bonds is 2. The first-order chi connectivity index (χ1) is 10.2. The van der Waals surface area contributed by atoms with E-state index >= 15 is 0 Å². The Morgan fingerprint density at radius 2 is 1.62 bits per heavy atom. The smallest absolute Gasteiger partial charge is 0.134 e. The number of aryl methyl sites for hydroxylation is 1. The van der Waals surface area contributed by atoms with E-state index in [1.165, 1.54) is 0 Å². The molecule has 0 saturated heterocycles. The monoisotopic (exact) mass is 277 g/mol. The van der Waals surface area contributed by atoms with Crippen molar-refractivity contribution in [3.05, 3.63) is 71.7 Å². The van der Waals surface area contributed by atoms with Crippen LogP contribution in [0.25, 0.3) is 21.9 Å². The van der Waals surface area contributed by atoms with Gasteiger partial charge in [0.2, 0.25) is 0 Å². The molecule has 21 heavy (non-hydrogen) atoms. The number of nitrogens with two attached hydrogens (primary N) is 1. The molecule has 3 nitrogen and oxygen atoms in total. The summed E-state index contributed by atoms with van der Waals surface area (Å²) in [7, 11) is 0. The van der Waals surface area contributed by atoms with Gasteiger partial charge in [0.1, 0.15) is 28.7 Å². The van der Waals surface area contributed by atoms with Crippen molar-refractivity contribution in [3.8, 4) is 0 Å². The lowest BCUT2D eigenvalue weighted by molar-refractivity contribution is 0.460. The van der Waals surface area contributed by atoms with Gasteiger partial charge in [-0.3, -0.25) is 0 Å². The molecule has 2 aromatic carbocycles. The van der Waals surface area contributed by atoms with Gasteiger partial charge >= 0.3 is 0 Å². The van der Waals surface area contributed by atoms with Gasteiger partial charge in [0.05, 0.1) is 0 Å². The van der Waals surface area contributed by atoms with Crippen molar-refractivity contribution in [1.29, 1.82) is 0 Å². The Bertz CT molecular complexity index is 900. The summed E-state index contributed by atoms with van der Waals surface area (Å²) in [6.07, 6.45) is 0. The van der Waals surface area contributed by atoms with Crippen molar-refractivity contribution in [3.63, 3.8) is 0 Å². The molecule has 0 radical (unpaired) electrons. The fourth-order valence-electron chi connectivity index (χ4n) is 2.77. The lowest BCUT2D eigenvalue weighted by Crippen LogP contribution is -2.10. The van der Waals surface area contributed by atoms with Gasteiger partial charge in [0.15, 0.2) is 0 Å². The van der Waals surface area contributed by atoms with Crippen molar-refractivity contribution >= 4 is 21.9 Å². The Labute approximate surface area is 122 Å². The summed E-state index contributed by atoms with van der Waals surface area (Å²) in [4.78, 5) is 0. The Morgan fingerprint density at radius 1 is 0.905 bits per heavy atom. The van der Waals surface area contributed by atoms with E-state index in [0.717, 1.165) is 39.0 Å². The van der Waals surface area contributed by atoms with Crippen molar-refractivity contribution in [2.75, 3.05) is 0 Å². The van der Waals surface area contributed by atoms with Crippen LogP contribution in [0.3, 0.4) is 0 Å². The van der Waals surface area contributed by atoms with Crippen LogP contribution < -0.4 is 5.73 Å². The summed E-state index contributed by atoms with van der Waals surface area (Å²) >= 11 is 0. The van der Waals surface area contributed by atoms with E-state index in [1.807, 2.05) is 61.5 Å². The molecule has 0 aliphatic carbocycles. The highest BCUT2D eigenvalue weighted by atomic mass is 16.4. The van der Waals surface area contributed by atoms with E-state index in [2.05, 4.69) is 0 Å². The molecule has 2 heterocycles. The molecule has 3 heteroatoms. The number of fused-ring (bicyclic) bond motifs is 2. The van der Waals surface area contributed by atoms with E-state index in [1.54, 1.807) is 0 Å². The van der Waals surface area contributed by atoms with Gasteiger partial charge in [-0.1, -0.05) is 36.4 Å². The average Bonchev–Trinajstić information content (AvgIpc) is 3.08. The highest BCUT2D eigenvalue weighted by Crippen LogP contribution is 2.33. The van der Waals surface area contributed by atoms with Gasteiger partial charge in [-0.15, -0.1) is 0 Å². The largest absolute Gasteiger partial charge is 0.459 e. The molecule has 0 aliphatic heterocycles. The van der Waals surface area contributed by atoms with Crippen LogP contribution in [0.1, 0.15) is 23.1 Å². The zero-order valence-electron chi connectivity index (χ0n) is 11.7. The summed E-state index contributed by atoms with van der Waals surface area (Å²) < 4.78 is 11.8. The van der Waals surface area contributed by atoms with Gasteiger partial charge in [-0.25, -0.2) is 0 Å². The van der Waals surface area contributed by atoms with E-state index in [-0.39, 0.29) is 0 Å². The van der Waals surface area contributed by atoms with Crippen molar-refractivity contribution in [2.24, 2.45) is 5.73 Å². The molecular weight excluding hydrogens is 262 g/mol. The van der Waals surface area contributed by atoms with Crippen LogP contribution in [0.5, 0.6) is 0 Å². The molecule has 0 amide bonds. The maximum Gasteiger partial charge on any atom is 0.134 e. The fraction of sp³-hybridized carbons (Fsp3) is 0.111. The van der Waals surface area contributed by atoms with Crippen LogP contribution >= 0.6 is 0 Å². The number of hydrogen-bond donors (Lipinski definition) is 1. The SMILES string of the molecule is Cc1c(C(N)c2cc3ccccc3o2)oc2ccccc12. The van der Waals surface area contributed by atoms with Crippen LogP contribution in [-0.2, 0) is 0 Å².